The third kappa shape index (κ3) is 18.1. The van der Waals surface area contributed by atoms with Gasteiger partial charge < -0.3 is 15.4 Å². The molecule has 34 heavy (non-hydrogen) atoms. The molecule has 0 bridgehead atoms. The summed E-state index contributed by atoms with van der Waals surface area (Å²) in [6.07, 6.45) is 24.1. The maximum Gasteiger partial charge on any atom is 0.407 e. The van der Waals surface area contributed by atoms with Crippen LogP contribution in [0, 0.1) is 0 Å². The van der Waals surface area contributed by atoms with Gasteiger partial charge in [-0.2, -0.15) is 0 Å². The number of rotatable bonds is 18. The van der Waals surface area contributed by atoms with Crippen molar-refractivity contribution in [2.75, 3.05) is 0 Å². The molecule has 5 nitrogen and oxygen atoms in total. The number of hydrogen-bond acceptors (Lipinski definition) is 3. The summed E-state index contributed by atoms with van der Waals surface area (Å²) in [6.45, 7) is 7.90. The zero-order valence-corrected chi connectivity index (χ0v) is 23.0. The highest BCUT2D eigenvalue weighted by molar-refractivity contribution is 5.76. The second-order valence-corrected chi connectivity index (χ2v) is 11.5. The van der Waals surface area contributed by atoms with E-state index in [0.29, 0.717) is 6.42 Å². The van der Waals surface area contributed by atoms with Crippen molar-refractivity contribution in [1.82, 2.24) is 10.6 Å². The van der Waals surface area contributed by atoms with E-state index in [0.717, 1.165) is 38.5 Å². The molecule has 1 fully saturated rings. The molecular weight excluding hydrogens is 424 g/mol. The number of nitrogens with one attached hydrogen (secondary N) is 2. The number of carbonyl (C=O) groups excluding carboxylic acids is 2. The average Bonchev–Trinajstić information content (AvgIpc) is 2.76. The van der Waals surface area contributed by atoms with E-state index >= 15 is 0 Å². The number of amides is 2. The van der Waals surface area contributed by atoms with Gasteiger partial charge in [-0.3, -0.25) is 4.79 Å². The molecule has 200 valence electrons. The van der Waals surface area contributed by atoms with Gasteiger partial charge in [-0.15, -0.1) is 0 Å². The maximum absolute atomic E-state index is 12.3. The quantitative estimate of drug-likeness (QED) is 0.194. The van der Waals surface area contributed by atoms with Gasteiger partial charge in [0.05, 0.1) is 0 Å². The first-order valence-electron chi connectivity index (χ1n) is 14.6. The van der Waals surface area contributed by atoms with E-state index in [4.69, 9.17) is 4.74 Å². The summed E-state index contributed by atoms with van der Waals surface area (Å²) in [7, 11) is 0. The fourth-order valence-electron chi connectivity index (χ4n) is 4.81. The van der Waals surface area contributed by atoms with Crippen LogP contribution in [0.4, 0.5) is 4.79 Å². The average molecular weight is 481 g/mol. The van der Waals surface area contributed by atoms with Gasteiger partial charge >= 0.3 is 6.09 Å². The summed E-state index contributed by atoms with van der Waals surface area (Å²) in [5, 5.41) is 6.16. The molecule has 1 aliphatic rings. The molecule has 2 N–H and O–H groups in total. The third-order valence-corrected chi connectivity index (χ3v) is 6.82. The molecular formula is C29H56N2O3. The second kappa shape index (κ2) is 19.0. The third-order valence-electron chi connectivity index (χ3n) is 6.82. The Labute approximate surface area is 210 Å². The van der Waals surface area contributed by atoms with Crippen molar-refractivity contribution in [3.05, 3.63) is 0 Å². The van der Waals surface area contributed by atoms with Gasteiger partial charge in [0.15, 0.2) is 0 Å². The first-order chi connectivity index (χ1) is 16.3. The Bertz CT molecular complexity index is 522. The Hall–Kier alpha value is -1.26. The Balaban J connectivity index is 1.89. The Morgan fingerprint density at radius 2 is 1.03 bits per heavy atom. The van der Waals surface area contributed by atoms with Crippen LogP contribution in [0.3, 0.4) is 0 Å². The van der Waals surface area contributed by atoms with Crippen LogP contribution in [0.1, 0.15) is 156 Å². The number of alkyl carbamates (subject to hydrolysis) is 1. The van der Waals surface area contributed by atoms with Gasteiger partial charge in [0.2, 0.25) is 5.91 Å². The summed E-state index contributed by atoms with van der Waals surface area (Å²) in [5.41, 5.74) is -0.470. The molecule has 0 aromatic heterocycles. The van der Waals surface area contributed by atoms with Gasteiger partial charge in [0.25, 0.3) is 0 Å². The van der Waals surface area contributed by atoms with Gasteiger partial charge in [0.1, 0.15) is 5.60 Å². The van der Waals surface area contributed by atoms with Crippen molar-refractivity contribution >= 4 is 12.0 Å². The van der Waals surface area contributed by atoms with E-state index in [1.807, 2.05) is 20.8 Å². The van der Waals surface area contributed by atoms with Gasteiger partial charge in [-0.05, 0) is 52.9 Å². The van der Waals surface area contributed by atoms with Crippen molar-refractivity contribution in [2.45, 2.75) is 174 Å². The number of ether oxygens (including phenoxy) is 1. The van der Waals surface area contributed by atoms with Crippen LogP contribution in [0.25, 0.3) is 0 Å². The Morgan fingerprint density at radius 1 is 0.647 bits per heavy atom. The first-order valence-corrected chi connectivity index (χ1v) is 14.6. The van der Waals surface area contributed by atoms with Crippen molar-refractivity contribution in [3.8, 4) is 0 Å². The van der Waals surface area contributed by atoms with Gasteiger partial charge in [-0.25, -0.2) is 4.79 Å². The fourth-order valence-corrected chi connectivity index (χ4v) is 4.81. The van der Waals surface area contributed by atoms with Crippen molar-refractivity contribution in [3.63, 3.8) is 0 Å². The molecule has 0 spiro atoms. The maximum atomic E-state index is 12.3. The lowest BCUT2D eigenvalue weighted by atomic mass is 9.91. The molecule has 0 aliphatic heterocycles. The van der Waals surface area contributed by atoms with E-state index in [9.17, 15) is 9.59 Å². The van der Waals surface area contributed by atoms with Crippen LogP contribution >= 0.6 is 0 Å². The van der Waals surface area contributed by atoms with Crippen LogP contribution in [0.2, 0.25) is 0 Å². The highest BCUT2D eigenvalue weighted by atomic mass is 16.6. The molecule has 0 atom stereocenters. The predicted octanol–water partition coefficient (Wildman–Crippen LogP) is 8.20. The molecule has 0 aromatic rings. The van der Waals surface area contributed by atoms with Crippen LogP contribution < -0.4 is 10.6 Å². The summed E-state index contributed by atoms with van der Waals surface area (Å²) in [4.78, 5) is 24.2. The first kappa shape index (κ1) is 30.8. The normalized spacial score (nSPS) is 18.5. The molecule has 1 aliphatic carbocycles. The molecule has 0 unspecified atom stereocenters. The lowest BCUT2D eigenvalue weighted by molar-refractivity contribution is -0.122. The van der Waals surface area contributed by atoms with E-state index in [-0.39, 0.29) is 24.1 Å². The van der Waals surface area contributed by atoms with Crippen molar-refractivity contribution < 1.29 is 14.3 Å². The van der Waals surface area contributed by atoms with Gasteiger partial charge in [-0.1, -0.05) is 96.8 Å². The van der Waals surface area contributed by atoms with Crippen molar-refractivity contribution in [1.29, 1.82) is 0 Å². The highest BCUT2D eigenvalue weighted by Crippen LogP contribution is 2.20. The molecule has 1 rings (SSSR count). The summed E-state index contributed by atoms with van der Waals surface area (Å²) < 4.78 is 5.33. The minimum Gasteiger partial charge on any atom is -0.444 e. The van der Waals surface area contributed by atoms with Crippen molar-refractivity contribution in [2.24, 2.45) is 0 Å². The molecule has 2 amide bonds. The smallest absolute Gasteiger partial charge is 0.407 e. The fraction of sp³-hybridized carbons (Fsp3) is 0.931. The summed E-state index contributed by atoms with van der Waals surface area (Å²) in [5.74, 6) is 0.193. The number of unbranched alkanes of at least 4 members (excludes halogenated alkanes) is 14. The molecule has 0 radical (unpaired) electrons. The minimum absolute atomic E-state index is 0.151. The Kier molecular flexibility index (Phi) is 17.2. The van der Waals surface area contributed by atoms with Crippen LogP contribution in [0.15, 0.2) is 0 Å². The zero-order chi connectivity index (χ0) is 25.1. The van der Waals surface area contributed by atoms with Crippen LogP contribution in [-0.2, 0) is 9.53 Å². The SMILES string of the molecule is CCCCCCCCCCCCCCCCCC(=O)NC1CCC(NC(=O)OC(C)(C)C)CC1. The topological polar surface area (TPSA) is 67.4 Å². The standard InChI is InChI=1S/C29H56N2O3/c1-5-6-7-8-9-10-11-12-13-14-15-16-17-18-19-20-27(32)30-25-21-23-26(24-22-25)31-28(33)34-29(2,3)4/h25-26H,5-24H2,1-4H3,(H,30,32)(H,31,33). The largest absolute Gasteiger partial charge is 0.444 e. The predicted molar refractivity (Wildman–Crippen MR) is 143 cm³/mol. The van der Waals surface area contributed by atoms with Crippen LogP contribution in [-0.4, -0.2) is 29.7 Å². The second-order valence-electron chi connectivity index (χ2n) is 11.5. The molecule has 0 heterocycles. The Morgan fingerprint density at radius 3 is 1.44 bits per heavy atom. The monoisotopic (exact) mass is 480 g/mol. The zero-order valence-electron chi connectivity index (χ0n) is 23.0. The molecule has 1 saturated carbocycles. The van der Waals surface area contributed by atoms with E-state index in [1.165, 1.54) is 83.5 Å². The number of carbonyl (C=O) groups is 2. The summed E-state index contributed by atoms with van der Waals surface area (Å²) >= 11 is 0. The molecule has 0 saturated heterocycles. The minimum atomic E-state index is -0.470. The summed E-state index contributed by atoms with van der Waals surface area (Å²) in [6, 6.07) is 0.402. The van der Waals surface area contributed by atoms with Gasteiger partial charge in [0, 0.05) is 18.5 Å². The number of hydrogen-bond donors (Lipinski definition) is 2. The van der Waals surface area contributed by atoms with E-state index in [1.54, 1.807) is 0 Å². The lowest BCUT2D eigenvalue weighted by Crippen LogP contribution is -2.45. The lowest BCUT2D eigenvalue weighted by Gasteiger charge is -2.30. The van der Waals surface area contributed by atoms with E-state index < -0.39 is 5.60 Å². The molecule has 0 aromatic carbocycles. The molecule has 5 heteroatoms. The highest BCUT2D eigenvalue weighted by Gasteiger charge is 2.25. The van der Waals surface area contributed by atoms with E-state index in [2.05, 4.69) is 17.6 Å². The van der Waals surface area contributed by atoms with Crippen LogP contribution in [0.5, 0.6) is 0 Å².